The van der Waals surface area contributed by atoms with Crippen LogP contribution in [0.3, 0.4) is 0 Å². The van der Waals surface area contributed by atoms with Crippen LogP contribution in [0.1, 0.15) is 36.7 Å². The van der Waals surface area contributed by atoms with Gasteiger partial charge in [0.1, 0.15) is 5.75 Å². The van der Waals surface area contributed by atoms with Crippen molar-refractivity contribution in [3.63, 3.8) is 0 Å². The van der Waals surface area contributed by atoms with E-state index >= 15 is 0 Å². The Kier molecular flexibility index (Phi) is 7.15. The molecule has 0 aliphatic carbocycles. The summed E-state index contributed by atoms with van der Waals surface area (Å²) >= 11 is 1.32. The fraction of sp³-hybridized carbons (Fsp3) is 0.182. The van der Waals surface area contributed by atoms with Crippen molar-refractivity contribution in [1.82, 2.24) is 9.13 Å². The average molecular weight is 564 g/mol. The van der Waals surface area contributed by atoms with Gasteiger partial charge in [0, 0.05) is 23.1 Å². The second kappa shape index (κ2) is 11.1. The summed E-state index contributed by atoms with van der Waals surface area (Å²) in [6, 6.07) is 27.3. The quantitative estimate of drug-likeness (QED) is 0.267. The number of allylic oxidation sites excluding steroid dienone is 1. The van der Waals surface area contributed by atoms with Gasteiger partial charge < -0.3 is 14.0 Å². The monoisotopic (exact) mass is 563 g/mol. The van der Waals surface area contributed by atoms with E-state index in [1.165, 1.54) is 16.9 Å². The van der Waals surface area contributed by atoms with Gasteiger partial charge in [-0.1, -0.05) is 72.0 Å². The smallest absolute Gasteiger partial charge is 0.338 e. The first kappa shape index (κ1) is 26.5. The molecule has 0 N–H and O–H groups in total. The van der Waals surface area contributed by atoms with Gasteiger partial charge in [-0.05, 0) is 55.3 Å². The largest absolute Gasteiger partial charge is 0.497 e. The van der Waals surface area contributed by atoms with Crippen molar-refractivity contribution >= 4 is 34.3 Å². The molecule has 1 atom stereocenters. The second-order valence-corrected chi connectivity index (χ2v) is 10.8. The number of ether oxygens (including phenoxy) is 2. The Morgan fingerprint density at radius 2 is 1.76 bits per heavy atom. The summed E-state index contributed by atoms with van der Waals surface area (Å²) < 4.78 is 15.1. The molecule has 1 aliphatic rings. The van der Waals surface area contributed by atoms with Crippen molar-refractivity contribution in [2.75, 3.05) is 13.7 Å². The lowest BCUT2D eigenvalue weighted by Gasteiger charge is -2.24. The first-order chi connectivity index (χ1) is 20.0. The fourth-order valence-corrected chi connectivity index (χ4v) is 6.35. The topological polar surface area (TPSA) is 74.8 Å². The highest BCUT2D eigenvalue weighted by atomic mass is 32.1. The molecule has 1 aliphatic heterocycles. The maximum absolute atomic E-state index is 14.1. The molecule has 3 aromatic carbocycles. The molecular formula is C33H29N3O4S. The van der Waals surface area contributed by atoms with Crippen LogP contribution in [0.4, 0.5) is 0 Å². The zero-order valence-corrected chi connectivity index (χ0v) is 23.9. The Balaban J connectivity index is 1.54. The number of fused-ring (bicyclic) bond motifs is 2. The van der Waals surface area contributed by atoms with Crippen molar-refractivity contribution in [2.45, 2.75) is 26.4 Å². The molecular weight excluding hydrogens is 534 g/mol. The molecule has 7 nitrogen and oxygen atoms in total. The van der Waals surface area contributed by atoms with Gasteiger partial charge in [0.2, 0.25) is 0 Å². The van der Waals surface area contributed by atoms with E-state index in [0.717, 1.165) is 22.2 Å². The van der Waals surface area contributed by atoms with Crippen molar-refractivity contribution in [1.29, 1.82) is 0 Å². The van der Waals surface area contributed by atoms with Crippen molar-refractivity contribution < 1.29 is 14.3 Å². The number of carbonyl (C=O) groups excluding carboxylic acids is 1. The Bertz CT molecular complexity index is 1960. The number of para-hydroxylation sites is 1. The van der Waals surface area contributed by atoms with Crippen LogP contribution in [0.25, 0.3) is 17.0 Å². The van der Waals surface area contributed by atoms with Crippen LogP contribution >= 0.6 is 11.3 Å². The van der Waals surface area contributed by atoms with E-state index in [4.69, 9.17) is 14.5 Å². The third-order valence-corrected chi connectivity index (χ3v) is 8.24. The lowest BCUT2D eigenvalue weighted by Crippen LogP contribution is -2.40. The number of methoxy groups -OCH3 is 1. The van der Waals surface area contributed by atoms with Gasteiger partial charge in [-0.2, -0.15) is 0 Å². The highest BCUT2D eigenvalue weighted by Gasteiger charge is 2.33. The number of esters is 1. The Morgan fingerprint density at radius 1 is 1.02 bits per heavy atom. The predicted octanol–water partition coefficient (Wildman–Crippen LogP) is 4.81. The number of hydrogen-bond donors (Lipinski definition) is 0. The lowest BCUT2D eigenvalue weighted by molar-refractivity contribution is -0.139. The van der Waals surface area contributed by atoms with Gasteiger partial charge in [-0.3, -0.25) is 9.36 Å². The number of benzene rings is 3. The number of nitrogens with zero attached hydrogens (tertiary/aromatic N) is 3. The summed E-state index contributed by atoms with van der Waals surface area (Å²) in [5, 5.41) is 1.10. The van der Waals surface area contributed by atoms with Crippen molar-refractivity contribution in [2.24, 2.45) is 4.99 Å². The molecule has 41 heavy (non-hydrogen) atoms. The molecule has 206 valence electrons. The minimum absolute atomic E-state index is 0.208. The summed E-state index contributed by atoms with van der Waals surface area (Å²) in [7, 11) is 1.60. The Morgan fingerprint density at radius 3 is 2.49 bits per heavy atom. The summed E-state index contributed by atoms with van der Waals surface area (Å²) in [6.07, 6.45) is 1.93. The molecule has 0 amide bonds. The highest BCUT2D eigenvalue weighted by molar-refractivity contribution is 7.07. The molecule has 0 bridgehead atoms. The van der Waals surface area contributed by atoms with E-state index < -0.39 is 12.0 Å². The van der Waals surface area contributed by atoms with Gasteiger partial charge in [-0.15, -0.1) is 0 Å². The molecule has 0 unspecified atom stereocenters. The highest BCUT2D eigenvalue weighted by Crippen LogP contribution is 2.31. The molecule has 0 radical (unpaired) electrons. The molecule has 6 rings (SSSR count). The molecule has 2 aromatic heterocycles. The third-order valence-electron chi connectivity index (χ3n) is 7.25. The SMILES string of the molecule is CCOC(=O)C1=C(C)N=c2sc(=Cc3cc4ccccc4n3Cc3ccccc3)c(=O)n2[C@@H]1c1ccc(OC)cc1. The van der Waals surface area contributed by atoms with Crippen molar-refractivity contribution in [3.8, 4) is 5.75 Å². The van der Waals surface area contributed by atoms with Gasteiger partial charge in [0.25, 0.3) is 5.56 Å². The van der Waals surface area contributed by atoms with E-state index in [1.807, 2.05) is 60.7 Å². The fourth-order valence-electron chi connectivity index (χ4n) is 5.32. The van der Waals surface area contributed by atoms with E-state index in [0.29, 0.717) is 32.9 Å². The molecule has 0 saturated heterocycles. The maximum atomic E-state index is 14.1. The Labute approximate surface area is 240 Å². The van der Waals surface area contributed by atoms with E-state index in [9.17, 15) is 9.59 Å². The molecule has 0 fully saturated rings. The molecule has 0 saturated carbocycles. The number of aromatic nitrogens is 2. The van der Waals surface area contributed by atoms with Crippen LogP contribution in [0, 0.1) is 0 Å². The predicted molar refractivity (Wildman–Crippen MR) is 161 cm³/mol. The van der Waals surface area contributed by atoms with E-state index in [2.05, 4.69) is 34.9 Å². The van der Waals surface area contributed by atoms with Crippen LogP contribution in [-0.4, -0.2) is 28.8 Å². The van der Waals surface area contributed by atoms with Crippen LogP contribution in [0.15, 0.2) is 106 Å². The van der Waals surface area contributed by atoms with E-state index in [-0.39, 0.29) is 12.2 Å². The number of carbonyl (C=O) groups is 1. The zero-order valence-electron chi connectivity index (χ0n) is 23.0. The lowest BCUT2D eigenvalue weighted by atomic mass is 9.96. The summed E-state index contributed by atoms with van der Waals surface area (Å²) in [6.45, 7) is 4.44. The van der Waals surface area contributed by atoms with Crippen molar-refractivity contribution in [3.05, 3.63) is 133 Å². The molecule has 3 heterocycles. The van der Waals surface area contributed by atoms with Gasteiger partial charge in [0.15, 0.2) is 4.80 Å². The second-order valence-electron chi connectivity index (χ2n) is 9.78. The summed E-state index contributed by atoms with van der Waals surface area (Å²) in [5.74, 6) is 0.206. The van der Waals surface area contributed by atoms with Crippen LogP contribution in [0.5, 0.6) is 5.75 Å². The first-order valence-corrected chi connectivity index (χ1v) is 14.3. The standard InChI is InChI=1S/C33H29N3O4S/c1-4-40-32(38)29-21(2)34-33-36(30(29)23-14-16-26(39-3)17-15-23)31(37)28(41-33)19-25-18-24-12-8-9-13-27(24)35(25)20-22-10-6-5-7-11-22/h5-19,30H,4,20H2,1-3H3/t30-/m1/s1. The van der Waals surface area contributed by atoms with Gasteiger partial charge in [0.05, 0.1) is 35.6 Å². The minimum Gasteiger partial charge on any atom is -0.497 e. The summed E-state index contributed by atoms with van der Waals surface area (Å²) in [4.78, 5) is 32.5. The number of rotatable bonds is 7. The van der Waals surface area contributed by atoms with Gasteiger partial charge >= 0.3 is 5.97 Å². The zero-order chi connectivity index (χ0) is 28.5. The van der Waals surface area contributed by atoms with Crippen LogP contribution in [0.2, 0.25) is 0 Å². The normalized spacial score (nSPS) is 15.1. The third kappa shape index (κ3) is 4.91. The molecule has 0 spiro atoms. The maximum Gasteiger partial charge on any atom is 0.338 e. The minimum atomic E-state index is -0.673. The van der Waals surface area contributed by atoms with Crippen LogP contribution < -0.4 is 19.6 Å². The van der Waals surface area contributed by atoms with Crippen LogP contribution in [-0.2, 0) is 16.1 Å². The molecule has 5 aromatic rings. The number of thiazole rings is 1. The average Bonchev–Trinajstić information content (AvgIpc) is 3.49. The first-order valence-electron chi connectivity index (χ1n) is 13.4. The van der Waals surface area contributed by atoms with Gasteiger partial charge in [-0.25, -0.2) is 9.79 Å². The Hall–Kier alpha value is -4.69. The molecule has 8 heteroatoms. The van der Waals surface area contributed by atoms with E-state index in [1.54, 1.807) is 25.5 Å². The summed E-state index contributed by atoms with van der Waals surface area (Å²) in [5.41, 5.74) is 4.63. The number of hydrogen-bond acceptors (Lipinski definition) is 6.